The molecule has 0 saturated carbocycles. The minimum atomic E-state index is -4.47. The third-order valence-corrected chi connectivity index (χ3v) is 3.35. The van der Waals surface area contributed by atoms with E-state index in [0.29, 0.717) is 5.52 Å². The number of carboxylic acid groups (broad SMARTS) is 1. The summed E-state index contributed by atoms with van der Waals surface area (Å²) < 4.78 is 38.4. The number of carbonyl (C=O) groups is 1. The van der Waals surface area contributed by atoms with Gasteiger partial charge in [0.2, 0.25) is 0 Å². The van der Waals surface area contributed by atoms with Crippen molar-refractivity contribution in [3.05, 3.63) is 59.9 Å². The van der Waals surface area contributed by atoms with E-state index in [1.807, 2.05) is 0 Å². The highest BCUT2D eigenvalue weighted by Gasteiger charge is 2.30. The average molecular weight is 333 g/mol. The van der Waals surface area contributed by atoms with Crippen molar-refractivity contribution < 1.29 is 23.1 Å². The van der Waals surface area contributed by atoms with E-state index >= 15 is 0 Å². The second-order valence-electron chi connectivity index (χ2n) is 4.93. The maximum atomic E-state index is 12.8. The SMILES string of the molecule is O=C(O)c1cccc2ncnc(Nc3cccc(C(F)(F)F)c3)c12. The minimum absolute atomic E-state index is 0.0393. The lowest BCUT2D eigenvalue weighted by Crippen LogP contribution is -2.06. The van der Waals surface area contributed by atoms with Crippen LogP contribution in [0.5, 0.6) is 0 Å². The normalized spacial score (nSPS) is 11.5. The van der Waals surface area contributed by atoms with Crippen LogP contribution < -0.4 is 5.32 Å². The second-order valence-corrected chi connectivity index (χ2v) is 4.93. The number of anilines is 2. The van der Waals surface area contributed by atoms with Crippen LogP contribution >= 0.6 is 0 Å². The maximum absolute atomic E-state index is 12.8. The van der Waals surface area contributed by atoms with Gasteiger partial charge >= 0.3 is 12.1 Å². The topological polar surface area (TPSA) is 75.1 Å². The van der Waals surface area contributed by atoms with Crippen LogP contribution in [-0.2, 0) is 6.18 Å². The molecule has 122 valence electrons. The van der Waals surface area contributed by atoms with Crippen molar-refractivity contribution in [1.29, 1.82) is 0 Å². The fourth-order valence-corrected chi connectivity index (χ4v) is 2.29. The minimum Gasteiger partial charge on any atom is -0.478 e. The molecule has 3 rings (SSSR count). The molecule has 0 aliphatic heterocycles. The summed E-state index contributed by atoms with van der Waals surface area (Å²) in [6.07, 6.45) is -3.26. The van der Waals surface area contributed by atoms with Crippen molar-refractivity contribution >= 4 is 28.4 Å². The van der Waals surface area contributed by atoms with Crippen molar-refractivity contribution in [3.8, 4) is 0 Å². The lowest BCUT2D eigenvalue weighted by atomic mass is 10.1. The molecule has 0 unspecified atom stereocenters. The van der Waals surface area contributed by atoms with Crippen molar-refractivity contribution in [2.24, 2.45) is 0 Å². The average Bonchev–Trinajstić information content (AvgIpc) is 2.54. The van der Waals surface area contributed by atoms with E-state index in [4.69, 9.17) is 0 Å². The van der Waals surface area contributed by atoms with Crippen LogP contribution in [0.15, 0.2) is 48.8 Å². The summed E-state index contributed by atoms with van der Waals surface area (Å²) in [5, 5.41) is 12.3. The predicted molar refractivity (Wildman–Crippen MR) is 81.2 cm³/mol. The Morgan fingerprint density at radius 3 is 2.54 bits per heavy atom. The molecule has 0 atom stereocenters. The predicted octanol–water partition coefficient (Wildman–Crippen LogP) is 4.09. The largest absolute Gasteiger partial charge is 0.478 e. The van der Waals surface area contributed by atoms with Gasteiger partial charge in [0.15, 0.2) is 0 Å². The van der Waals surface area contributed by atoms with Crippen LogP contribution in [0.2, 0.25) is 0 Å². The van der Waals surface area contributed by atoms with E-state index in [9.17, 15) is 23.1 Å². The third-order valence-electron chi connectivity index (χ3n) is 3.35. The molecule has 8 heteroatoms. The molecule has 0 fully saturated rings. The van der Waals surface area contributed by atoms with Crippen molar-refractivity contribution in [2.75, 3.05) is 5.32 Å². The van der Waals surface area contributed by atoms with Crippen LogP contribution in [-0.4, -0.2) is 21.0 Å². The summed E-state index contributed by atoms with van der Waals surface area (Å²) >= 11 is 0. The molecule has 0 radical (unpaired) electrons. The Kier molecular flexibility index (Phi) is 3.80. The standard InChI is InChI=1S/C16H10F3N3O2/c17-16(18,19)9-3-1-4-10(7-9)22-14-13-11(15(23)24)5-2-6-12(13)20-8-21-14/h1-8H,(H,23,24)(H,20,21,22). The number of benzene rings is 2. The quantitative estimate of drug-likeness (QED) is 0.755. The summed E-state index contributed by atoms with van der Waals surface area (Å²) in [5.74, 6) is -1.06. The summed E-state index contributed by atoms with van der Waals surface area (Å²) in [4.78, 5) is 19.3. The molecule has 5 nitrogen and oxygen atoms in total. The molecule has 2 aromatic carbocycles. The number of nitrogens with zero attached hydrogens (tertiary/aromatic N) is 2. The number of aromatic carboxylic acids is 1. The van der Waals surface area contributed by atoms with Gasteiger partial charge in [0.25, 0.3) is 0 Å². The van der Waals surface area contributed by atoms with E-state index in [0.717, 1.165) is 12.1 Å². The number of alkyl halides is 3. The number of rotatable bonds is 3. The Morgan fingerprint density at radius 2 is 1.83 bits per heavy atom. The number of carboxylic acids is 1. The van der Waals surface area contributed by atoms with Gasteiger partial charge in [0.05, 0.1) is 22.0 Å². The third kappa shape index (κ3) is 2.98. The number of hydrogen-bond donors (Lipinski definition) is 2. The van der Waals surface area contributed by atoms with Crippen LogP contribution in [0.25, 0.3) is 10.9 Å². The van der Waals surface area contributed by atoms with E-state index in [1.54, 1.807) is 6.07 Å². The first-order valence-corrected chi connectivity index (χ1v) is 6.77. The van der Waals surface area contributed by atoms with Crippen LogP contribution in [0.3, 0.4) is 0 Å². The molecule has 0 bridgehead atoms. The lowest BCUT2D eigenvalue weighted by molar-refractivity contribution is -0.137. The zero-order valence-electron chi connectivity index (χ0n) is 12.0. The summed E-state index contributed by atoms with van der Waals surface area (Å²) in [6.45, 7) is 0. The van der Waals surface area contributed by atoms with Gasteiger partial charge in [0, 0.05) is 5.69 Å². The van der Waals surface area contributed by atoms with Gasteiger partial charge in [-0.05, 0) is 30.3 Å². The number of nitrogens with one attached hydrogen (secondary N) is 1. The lowest BCUT2D eigenvalue weighted by Gasteiger charge is -2.12. The molecular formula is C16H10F3N3O2. The van der Waals surface area contributed by atoms with E-state index in [1.165, 1.54) is 30.6 Å². The molecule has 0 amide bonds. The molecular weight excluding hydrogens is 323 g/mol. The van der Waals surface area contributed by atoms with Gasteiger partial charge in [-0.25, -0.2) is 14.8 Å². The molecule has 3 aromatic rings. The summed E-state index contributed by atoms with van der Waals surface area (Å²) in [6, 6.07) is 9.08. The zero-order chi connectivity index (χ0) is 17.3. The smallest absolute Gasteiger partial charge is 0.416 e. The van der Waals surface area contributed by atoms with Gasteiger partial charge in [-0.3, -0.25) is 0 Å². The number of halogens is 3. The van der Waals surface area contributed by atoms with E-state index < -0.39 is 17.7 Å². The maximum Gasteiger partial charge on any atom is 0.416 e. The molecule has 0 aliphatic rings. The van der Waals surface area contributed by atoms with Crippen molar-refractivity contribution in [2.45, 2.75) is 6.18 Å². The monoisotopic (exact) mass is 333 g/mol. The molecule has 0 spiro atoms. The first-order valence-electron chi connectivity index (χ1n) is 6.77. The molecule has 0 saturated heterocycles. The van der Waals surface area contributed by atoms with Gasteiger partial charge in [-0.2, -0.15) is 13.2 Å². The van der Waals surface area contributed by atoms with Gasteiger partial charge < -0.3 is 10.4 Å². The highest BCUT2D eigenvalue weighted by Crippen LogP contribution is 2.32. The number of hydrogen-bond acceptors (Lipinski definition) is 4. The first-order chi connectivity index (χ1) is 11.4. The van der Waals surface area contributed by atoms with E-state index in [2.05, 4.69) is 15.3 Å². The Balaban J connectivity index is 2.10. The Labute approximate surface area is 133 Å². The van der Waals surface area contributed by atoms with E-state index in [-0.39, 0.29) is 22.5 Å². The van der Waals surface area contributed by atoms with Crippen LogP contribution in [0.4, 0.5) is 24.7 Å². The van der Waals surface area contributed by atoms with Gasteiger partial charge in [-0.1, -0.05) is 12.1 Å². The van der Waals surface area contributed by atoms with Gasteiger partial charge in [0.1, 0.15) is 12.1 Å². The van der Waals surface area contributed by atoms with Crippen molar-refractivity contribution in [1.82, 2.24) is 9.97 Å². The van der Waals surface area contributed by atoms with Crippen LogP contribution in [0, 0.1) is 0 Å². The Morgan fingerprint density at radius 1 is 1.08 bits per heavy atom. The summed E-state index contributed by atoms with van der Waals surface area (Å²) in [5.41, 5.74) is -0.337. The molecule has 1 heterocycles. The van der Waals surface area contributed by atoms with Crippen molar-refractivity contribution in [3.63, 3.8) is 0 Å². The first kappa shape index (κ1) is 15.7. The fourth-order valence-electron chi connectivity index (χ4n) is 2.29. The molecule has 0 aliphatic carbocycles. The number of fused-ring (bicyclic) bond motifs is 1. The Hall–Kier alpha value is -3.16. The fraction of sp³-hybridized carbons (Fsp3) is 0.0625. The molecule has 1 aromatic heterocycles. The zero-order valence-corrected chi connectivity index (χ0v) is 12.0. The second kappa shape index (κ2) is 5.80. The highest BCUT2D eigenvalue weighted by molar-refractivity contribution is 6.07. The van der Waals surface area contributed by atoms with Crippen LogP contribution in [0.1, 0.15) is 15.9 Å². The molecule has 2 N–H and O–H groups in total. The van der Waals surface area contributed by atoms with Gasteiger partial charge in [-0.15, -0.1) is 0 Å². The molecule has 24 heavy (non-hydrogen) atoms. The highest BCUT2D eigenvalue weighted by atomic mass is 19.4. The summed E-state index contributed by atoms with van der Waals surface area (Å²) in [7, 11) is 0. The number of aromatic nitrogens is 2. The Bertz CT molecular complexity index is 921.